The number of pyridine rings is 1. The molecule has 0 spiro atoms. The number of aromatic nitrogens is 1. The molecule has 24 heavy (non-hydrogen) atoms. The zero-order chi connectivity index (χ0) is 16.9. The van der Waals surface area contributed by atoms with Gasteiger partial charge in [-0.2, -0.15) is 0 Å². The van der Waals surface area contributed by atoms with Gasteiger partial charge in [0.15, 0.2) is 0 Å². The van der Waals surface area contributed by atoms with Crippen molar-refractivity contribution in [2.75, 3.05) is 19.6 Å². The largest absolute Gasteiger partial charge is 0.352 e. The van der Waals surface area contributed by atoms with Crippen LogP contribution in [-0.2, 0) is 6.54 Å². The van der Waals surface area contributed by atoms with Gasteiger partial charge < -0.3 is 5.32 Å². The lowest BCUT2D eigenvalue weighted by Crippen LogP contribution is -2.31. The van der Waals surface area contributed by atoms with Crippen LogP contribution in [0.4, 0.5) is 0 Å². The Morgan fingerprint density at radius 2 is 2.29 bits per heavy atom. The lowest BCUT2D eigenvalue weighted by atomic mass is 10.1. The molecule has 1 aromatic carbocycles. The molecule has 1 N–H and O–H groups in total. The van der Waals surface area contributed by atoms with Crippen molar-refractivity contribution in [1.29, 1.82) is 0 Å². The summed E-state index contributed by atoms with van der Waals surface area (Å²) in [6.07, 6.45) is 4.81. The lowest BCUT2D eigenvalue weighted by molar-refractivity contribution is 0.0947. The minimum atomic E-state index is -0.0531. The van der Waals surface area contributed by atoms with E-state index in [0.29, 0.717) is 23.0 Å². The first kappa shape index (κ1) is 16.9. The summed E-state index contributed by atoms with van der Waals surface area (Å²) >= 11 is 6.09. The topological polar surface area (TPSA) is 45.2 Å². The second-order valence-electron chi connectivity index (χ2n) is 6.43. The van der Waals surface area contributed by atoms with E-state index in [4.69, 9.17) is 11.6 Å². The second kappa shape index (κ2) is 7.77. The van der Waals surface area contributed by atoms with Gasteiger partial charge in [0.1, 0.15) is 0 Å². The normalized spacial score (nSPS) is 17.8. The standard InChI is InChI=1S/C19H22ClN3O/c1-14-4-5-17(9-18(14)20)19(24)22-11-16-6-8-23(13-16)12-15-3-2-7-21-10-15/h2-5,7,9-10,16H,6,8,11-13H2,1H3,(H,22,24). The molecular formula is C19H22ClN3O. The number of hydrogen-bond acceptors (Lipinski definition) is 3. The summed E-state index contributed by atoms with van der Waals surface area (Å²) < 4.78 is 0. The molecule has 5 heteroatoms. The molecule has 0 aliphatic carbocycles. The predicted molar refractivity (Wildman–Crippen MR) is 96.1 cm³/mol. The molecule has 1 aliphatic rings. The van der Waals surface area contributed by atoms with Crippen molar-refractivity contribution in [1.82, 2.24) is 15.2 Å². The van der Waals surface area contributed by atoms with Gasteiger partial charge >= 0.3 is 0 Å². The second-order valence-corrected chi connectivity index (χ2v) is 6.83. The summed E-state index contributed by atoms with van der Waals surface area (Å²) in [5.41, 5.74) is 2.84. The summed E-state index contributed by atoms with van der Waals surface area (Å²) in [4.78, 5) is 18.8. The molecule has 2 aromatic rings. The number of carbonyl (C=O) groups excluding carboxylic acids is 1. The van der Waals surface area contributed by atoms with Crippen LogP contribution in [0.3, 0.4) is 0 Å². The maximum Gasteiger partial charge on any atom is 0.251 e. The monoisotopic (exact) mass is 343 g/mol. The molecule has 1 amide bonds. The number of carbonyl (C=O) groups is 1. The SMILES string of the molecule is Cc1ccc(C(=O)NCC2CCN(Cc3cccnc3)C2)cc1Cl. The van der Waals surface area contributed by atoms with Crippen molar-refractivity contribution in [3.63, 3.8) is 0 Å². The number of rotatable bonds is 5. The number of amides is 1. The van der Waals surface area contributed by atoms with Crippen molar-refractivity contribution in [2.24, 2.45) is 5.92 Å². The van der Waals surface area contributed by atoms with Crippen LogP contribution in [0, 0.1) is 12.8 Å². The molecule has 3 rings (SSSR count). The van der Waals surface area contributed by atoms with Gasteiger partial charge in [0.25, 0.3) is 5.91 Å². The first-order valence-electron chi connectivity index (χ1n) is 8.27. The number of nitrogens with one attached hydrogen (secondary N) is 1. The first-order valence-corrected chi connectivity index (χ1v) is 8.65. The van der Waals surface area contributed by atoms with Gasteiger partial charge in [-0.3, -0.25) is 14.7 Å². The fraction of sp³-hybridized carbons (Fsp3) is 0.368. The Balaban J connectivity index is 1.47. The summed E-state index contributed by atoms with van der Waals surface area (Å²) in [7, 11) is 0. The zero-order valence-electron chi connectivity index (χ0n) is 13.8. The van der Waals surface area contributed by atoms with Gasteiger partial charge in [0, 0.05) is 42.6 Å². The highest BCUT2D eigenvalue weighted by molar-refractivity contribution is 6.31. The molecule has 1 fully saturated rings. The van der Waals surface area contributed by atoms with Crippen molar-refractivity contribution in [3.8, 4) is 0 Å². The van der Waals surface area contributed by atoms with Crippen LogP contribution >= 0.6 is 11.6 Å². The lowest BCUT2D eigenvalue weighted by Gasteiger charge is -2.16. The third-order valence-corrected chi connectivity index (χ3v) is 4.89. The molecule has 0 bridgehead atoms. The number of benzene rings is 1. The van der Waals surface area contributed by atoms with E-state index in [1.54, 1.807) is 12.3 Å². The van der Waals surface area contributed by atoms with E-state index in [2.05, 4.69) is 21.3 Å². The predicted octanol–water partition coefficient (Wildman–Crippen LogP) is 3.30. The van der Waals surface area contributed by atoms with Gasteiger partial charge in [-0.05, 0) is 55.1 Å². The number of likely N-dealkylation sites (tertiary alicyclic amines) is 1. The van der Waals surface area contributed by atoms with Crippen LogP contribution in [0.15, 0.2) is 42.7 Å². The Labute approximate surface area is 147 Å². The summed E-state index contributed by atoms with van der Waals surface area (Å²) in [5.74, 6) is 0.439. The highest BCUT2D eigenvalue weighted by atomic mass is 35.5. The Morgan fingerprint density at radius 1 is 1.42 bits per heavy atom. The van der Waals surface area contributed by atoms with Gasteiger partial charge in [-0.15, -0.1) is 0 Å². The van der Waals surface area contributed by atoms with Crippen LogP contribution in [0.25, 0.3) is 0 Å². The molecule has 126 valence electrons. The van der Waals surface area contributed by atoms with E-state index in [1.165, 1.54) is 5.56 Å². The summed E-state index contributed by atoms with van der Waals surface area (Å²) in [5, 5.41) is 3.67. The molecular weight excluding hydrogens is 322 g/mol. The van der Waals surface area contributed by atoms with Gasteiger partial charge in [-0.25, -0.2) is 0 Å². The van der Waals surface area contributed by atoms with Crippen LogP contribution < -0.4 is 5.32 Å². The minimum absolute atomic E-state index is 0.0531. The number of aryl methyl sites for hydroxylation is 1. The number of nitrogens with zero attached hydrogens (tertiary/aromatic N) is 2. The van der Waals surface area contributed by atoms with Gasteiger partial charge in [-0.1, -0.05) is 23.7 Å². The third kappa shape index (κ3) is 4.34. The fourth-order valence-electron chi connectivity index (χ4n) is 3.05. The van der Waals surface area contributed by atoms with E-state index < -0.39 is 0 Å². The Hall–Kier alpha value is -1.91. The Morgan fingerprint density at radius 3 is 3.04 bits per heavy atom. The number of halogens is 1. The Kier molecular flexibility index (Phi) is 5.48. The molecule has 1 aromatic heterocycles. The average molecular weight is 344 g/mol. The van der Waals surface area contributed by atoms with E-state index in [0.717, 1.165) is 31.6 Å². The average Bonchev–Trinajstić information content (AvgIpc) is 3.03. The molecule has 1 unspecified atom stereocenters. The van der Waals surface area contributed by atoms with Crippen LogP contribution in [-0.4, -0.2) is 35.4 Å². The van der Waals surface area contributed by atoms with E-state index in [1.807, 2.05) is 31.3 Å². The van der Waals surface area contributed by atoms with Crippen LogP contribution in [0.1, 0.15) is 27.9 Å². The van der Waals surface area contributed by atoms with Crippen molar-refractivity contribution >= 4 is 17.5 Å². The highest BCUT2D eigenvalue weighted by Gasteiger charge is 2.23. The molecule has 0 saturated carbocycles. The molecule has 0 radical (unpaired) electrons. The van der Waals surface area contributed by atoms with E-state index in [-0.39, 0.29) is 5.91 Å². The van der Waals surface area contributed by atoms with Crippen molar-refractivity contribution in [3.05, 3.63) is 64.4 Å². The van der Waals surface area contributed by atoms with Crippen molar-refractivity contribution in [2.45, 2.75) is 19.9 Å². The first-order chi connectivity index (χ1) is 11.6. The molecule has 4 nitrogen and oxygen atoms in total. The van der Waals surface area contributed by atoms with Gasteiger partial charge in [0.2, 0.25) is 0 Å². The molecule has 1 saturated heterocycles. The highest BCUT2D eigenvalue weighted by Crippen LogP contribution is 2.19. The molecule has 1 atom stereocenters. The Bertz CT molecular complexity index is 705. The van der Waals surface area contributed by atoms with Crippen LogP contribution in [0.5, 0.6) is 0 Å². The minimum Gasteiger partial charge on any atom is -0.352 e. The van der Waals surface area contributed by atoms with Crippen LogP contribution in [0.2, 0.25) is 5.02 Å². The maximum atomic E-state index is 12.2. The summed E-state index contributed by atoms with van der Waals surface area (Å²) in [6.45, 7) is 5.62. The van der Waals surface area contributed by atoms with E-state index in [9.17, 15) is 4.79 Å². The zero-order valence-corrected chi connectivity index (χ0v) is 14.6. The fourth-order valence-corrected chi connectivity index (χ4v) is 3.23. The number of hydrogen-bond donors (Lipinski definition) is 1. The van der Waals surface area contributed by atoms with Gasteiger partial charge in [0.05, 0.1) is 0 Å². The summed E-state index contributed by atoms with van der Waals surface area (Å²) in [6, 6.07) is 9.50. The van der Waals surface area contributed by atoms with Crippen molar-refractivity contribution < 1.29 is 4.79 Å². The quantitative estimate of drug-likeness (QED) is 0.906. The molecule has 2 heterocycles. The molecule has 1 aliphatic heterocycles. The van der Waals surface area contributed by atoms with E-state index >= 15 is 0 Å². The third-order valence-electron chi connectivity index (χ3n) is 4.48. The maximum absolute atomic E-state index is 12.2. The smallest absolute Gasteiger partial charge is 0.251 e.